The maximum atomic E-state index is 14.2. The molecule has 0 radical (unpaired) electrons. The van der Waals surface area contributed by atoms with Crippen LogP contribution in [0.4, 0.5) is 5.69 Å². The molecule has 54 heavy (non-hydrogen) atoms. The van der Waals surface area contributed by atoms with Crippen molar-refractivity contribution >= 4 is 69.0 Å². The van der Waals surface area contributed by atoms with E-state index in [0.29, 0.717) is 31.9 Å². The van der Waals surface area contributed by atoms with E-state index in [-0.39, 0.29) is 34.7 Å². The number of hydrogen-bond acceptors (Lipinski definition) is 8. The lowest BCUT2D eigenvalue weighted by Gasteiger charge is -2.28. The van der Waals surface area contributed by atoms with E-state index >= 15 is 0 Å². The van der Waals surface area contributed by atoms with E-state index < -0.39 is 22.8 Å². The predicted octanol–water partition coefficient (Wildman–Crippen LogP) is 8.18. The van der Waals surface area contributed by atoms with Gasteiger partial charge in [-0.2, -0.15) is 4.99 Å². The van der Waals surface area contributed by atoms with Gasteiger partial charge < -0.3 is 14.8 Å². The fourth-order valence-corrected chi connectivity index (χ4v) is 7.03. The third-order valence-corrected chi connectivity index (χ3v) is 9.72. The van der Waals surface area contributed by atoms with E-state index in [1.54, 1.807) is 55.5 Å². The van der Waals surface area contributed by atoms with Gasteiger partial charge in [0, 0.05) is 17.8 Å². The molecule has 1 aliphatic rings. The molecule has 5 rings (SSSR count). The molecule has 0 aromatic heterocycles. The summed E-state index contributed by atoms with van der Waals surface area (Å²) < 4.78 is 12.2. The lowest BCUT2D eigenvalue weighted by molar-refractivity contribution is -0.384. The van der Waals surface area contributed by atoms with Crippen molar-refractivity contribution in [3.63, 3.8) is 0 Å². The maximum absolute atomic E-state index is 14.2. The molecule has 0 bridgehead atoms. The van der Waals surface area contributed by atoms with Gasteiger partial charge in [-0.15, -0.1) is 0 Å². The van der Waals surface area contributed by atoms with Gasteiger partial charge in [0.25, 0.3) is 17.5 Å². The number of carbonyl (C=O) groups excluding carboxylic acids is 3. The molecule has 0 saturated heterocycles. The summed E-state index contributed by atoms with van der Waals surface area (Å²) in [6.07, 6.45) is 8.00. The van der Waals surface area contributed by atoms with Crippen LogP contribution in [-0.4, -0.2) is 45.6 Å². The number of benzene rings is 4. The van der Waals surface area contributed by atoms with Crippen molar-refractivity contribution in [2.24, 2.45) is 4.99 Å². The van der Waals surface area contributed by atoms with Crippen LogP contribution in [0.5, 0.6) is 11.5 Å². The number of amidine groups is 1. The molecule has 274 valence electrons. The van der Waals surface area contributed by atoms with E-state index in [4.69, 9.17) is 9.47 Å². The summed E-state index contributed by atoms with van der Waals surface area (Å²) >= 11 is 3.03. The number of non-ortho nitro benzene ring substituents is 1. The first-order valence-corrected chi connectivity index (χ1v) is 18.6. The lowest BCUT2D eigenvalue weighted by Crippen LogP contribution is -2.42. The largest absolute Gasteiger partial charge is 0.493 e. The Morgan fingerprint density at radius 1 is 1.04 bits per heavy atom. The highest BCUT2D eigenvalue weighted by Crippen LogP contribution is 2.36. The van der Waals surface area contributed by atoms with Crippen LogP contribution in [0.25, 0.3) is 6.08 Å². The van der Waals surface area contributed by atoms with Crippen molar-refractivity contribution in [3.05, 3.63) is 175 Å². The number of aliphatic imine (C=N–C) groups is 1. The van der Waals surface area contributed by atoms with Crippen LogP contribution in [0.3, 0.4) is 0 Å². The molecule has 0 atom stereocenters. The van der Waals surface area contributed by atoms with E-state index in [9.17, 15) is 24.5 Å². The molecule has 0 spiro atoms. The Labute approximate surface area is 330 Å². The number of methoxy groups -OCH3 is 1. The fraction of sp³-hybridized carbons (Fsp3) is 0.122. The highest BCUT2D eigenvalue weighted by atomic mass is 127. The predicted molar refractivity (Wildman–Crippen MR) is 219 cm³/mol. The summed E-state index contributed by atoms with van der Waals surface area (Å²) in [7, 11) is 1.46. The summed E-state index contributed by atoms with van der Waals surface area (Å²) in [5.41, 5.74) is 3.03. The van der Waals surface area contributed by atoms with E-state index in [2.05, 4.69) is 39.5 Å². The number of halogens is 1. The molecule has 1 aliphatic heterocycles. The normalized spacial score (nSPS) is 14.0. The molecule has 0 fully saturated rings. The summed E-state index contributed by atoms with van der Waals surface area (Å²) in [4.78, 5) is 57.5. The molecular weight excluding hydrogens is 819 g/mol. The molecule has 1 N–H and O–H groups in total. The number of allylic oxidation sites excluding steroid dienone is 4. The van der Waals surface area contributed by atoms with Crippen molar-refractivity contribution < 1.29 is 28.8 Å². The molecule has 0 aliphatic carbocycles. The molecule has 0 saturated carbocycles. The zero-order valence-electron chi connectivity index (χ0n) is 29.3. The van der Waals surface area contributed by atoms with Crippen molar-refractivity contribution in [2.45, 2.75) is 19.6 Å². The van der Waals surface area contributed by atoms with Crippen molar-refractivity contribution in [3.8, 4) is 11.5 Å². The number of amides is 3. The smallest absolute Gasteiger partial charge is 0.285 e. The minimum absolute atomic E-state index is 0.0388. The Morgan fingerprint density at radius 3 is 2.33 bits per heavy atom. The zero-order valence-corrected chi connectivity index (χ0v) is 32.3. The maximum Gasteiger partial charge on any atom is 0.285 e. The third-order valence-electron chi connectivity index (χ3n) is 7.98. The molecule has 1 heterocycles. The Morgan fingerprint density at radius 2 is 1.72 bits per heavy atom. The monoisotopic (exact) mass is 854 g/mol. The number of nitrogens with one attached hydrogen (secondary N) is 1. The van der Waals surface area contributed by atoms with Crippen LogP contribution in [0.1, 0.15) is 35.2 Å². The first-order chi connectivity index (χ1) is 26.1. The Balaban J connectivity index is 1.41. The number of hydrogen-bond donors (Lipinski definition) is 1. The molecule has 4 aromatic rings. The van der Waals surface area contributed by atoms with Gasteiger partial charge in [-0.3, -0.25) is 29.4 Å². The first kappa shape index (κ1) is 39.4. The second-order valence-corrected chi connectivity index (χ2v) is 13.7. The molecule has 0 unspecified atom stereocenters. The molecule has 13 heteroatoms. The number of nitrogens with zero attached hydrogens (tertiary/aromatic N) is 3. The van der Waals surface area contributed by atoms with Gasteiger partial charge in [0.05, 0.1) is 27.4 Å². The molecule has 11 nitrogen and oxygen atoms in total. The van der Waals surface area contributed by atoms with E-state index in [1.807, 2.05) is 60.7 Å². The van der Waals surface area contributed by atoms with Crippen molar-refractivity contribution in [1.82, 2.24) is 10.2 Å². The van der Waals surface area contributed by atoms with Gasteiger partial charge in [0.15, 0.2) is 16.7 Å². The number of rotatable bonds is 14. The summed E-state index contributed by atoms with van der Waals surface area (Å²) in [6, 6.07) is 28.2. The number of nitro groups is 1. The average molecular weight is 855 g/mol. The Kier molecular flexibility index (Phi) is 13.7. The van der Waals surface area contributed by atoms with Crippen LogP contribution in [0, 0.1) is 13.7 Å². The number of nitro benzene ring substituents is 1. The molecule has 4 aromatic carbocycles. The standard InChI is InChI=1S/C41H35IN4O7S/c1-4-6-19-31(5-2)45-40(49)33(22-28-23-34(42)38(35(24-28)52-3)53-25-27-14-13-20-32(21-27)46(50)51)39(48)44-41(45)54-26-36(47)43-37(29-15-9-7-10-16-29)30-17-11-8-12-18-30/h4-24,37H,1,25-26H2,2-3H3,(H,43,47)/b19-6-,31-5+,33-22+. The van der Waals surface area contributed by atoms with Crippen LogP contribution < -0.4 is 14.8 Å². The van der Waals surface area contributed by atoms with Crippen LogP contribution >= 0.6 is 34.4 Å². The van der Waals surface area contributed by atoms with Gasteiger partial charge in [-0.1, -0.05) is 109 Å². The minimum Gasteiger partial charge on any atom is -0.493 e. The minimum atomic E-state index is -0.770. The summed E-state index contributed by atoms with van der Waals surface area (Å²) in [6.45, 7) is 5.51. The Bertz CT molecular complexity index is 2150. The topological polar surface area (TPSA) is 140 Å². The van der Waals surface area contributed by atoms with Crippen molar-refractivity contribution in [1.29, 1.82) is 0 Å². The van der Waals surface area contributed by atoms with Crippen LogP contribution in [-0.2, 0) is 21.0 Å². The third kappa shape index (κ3) is 9.79. The van der Waals surface area contributed by atoms with E-state index in [0.717, 1.165) is 22.9 Å². The molecule has 3 amide bonds. The lowest BCUT2D eigenvalue weighted by atomic mass is 9.99. The van der Waals surface area contributed by atoms with E-state index in [1.165, 1.54) is 30.2 Å². The van der Waals surface area contributed by atoms with Crippen LogP contribution in [0.2, 0.25) is 0 Å². The number of thioether (sulfide) groups is 1. The quantitative estimate of drug-likeness (QED) is 0.0335. The zero-order chi connectivity index (χ0) is 38.6. The fourth-order valence-electron chi connectivity index (χ4n) is 5.44. The average Bonchev–Trinajstić information content (AvgIpc) is 3.18. The van der Waals surface area contributed by atoms with Gasteiger partial charge in [-0.25, -0.2) is 0 Å². The van der Waals surface area contributed by atoms with Gasteiger partial charge in [0.1, 0.15) is 12.2 Å². The molecular formula is C41H35IN4O7S. The highest BCUT2D eigenvalue weighted by Gasteiger charge is 2.35. The van der Waals surface area contributed by atoms with Gasteiger partial charge >= 0.3 is 0 Å². The second kappa shape index (κ2) is 18.8. The second-order valence-electron chi connectivity index (χ2n) is 11.6. The number of ether oxygens (including phenoxy) is 2. The summed E-state index contributed by atoms with van der Waals surface area (Å²) in [5, 5.41) is 14.3. The Hall–Kier alpha value is -5.80. The summed E-state index contributed by atoms with van der Waals surface area (Å²) in [5.74, 6) is -1.14. The van der Waals surface area contributed by atoms with Crippen LogP contribution in [0.15, 0.2) is 144 Å². The van der Waals surface area contributed by atoms with Gasteiger partial charge in [-0.05, 0) is 76.1 Å². The first-order valence-electron chi connectivity index (χ1n) is 16.5. The SMILES string of the molecule is C=C/C=C\C(=C/C)N1C(=O)/C(=C/c2cc(I)c(OCc3cccc([N+](=O)[O-])c3)c(OC)c2)C(=O)N=C1SCC(=O)NC(c1ccccc1)c1ccccc1. The van der Waals surface area contributed by atoms with Crippen molar-refractivity contribution in [2.75, 3.05) is 12.9 Å². The van der Waals surface area contributed by atoms with Gasteiger partial charge in [0.2, 0.25) is 5.91 Å². The highest BCUT2D eigenvalue weighted by molar-refractivity contribution is 14.1. The number of carbonyl (C=O) groups is 3.